The molecular weight excluding hydrogens is 356 g/mol. The zero-order valence-electron chi connectivity index (χ0n) is 16.6. The molecule has 1 fully saturated rings. The van der Waals surface area contributed by atoms with Gasteiger partial charge in [0.1, 0.15) is 5.69 Å². The molecule has 3 aromatic rings. The summed E-state index contributed by atoms with van der Waals surface area (Å²) in [6.45, 7) is 7.20. The maximum absolute atomic E-state index is 12.5. The summed E-state index contributed by atoms with van der Waals surface area (Å²) in [4.78, 5) is 24.8. The molecular formula is C20H26N6O2. The molecule has 3 heterocycles. The minimum absolute atomic E-state index is 0.152. The van der Waals surface area contributed by atoms with Gasteiger partial charge in [-0.2, -0.15) is 5.10 Å². The van der Waals surface area contributed by atoms with Gasteiger partial charge in [0.25, 0.3) is 5.91 Å². The van der Waals surface area contributed by atoms with E-state index < -0.39 is 0 Å². The van der Waals surface area contributed by atoms with Gasteiger partial charge < -0.3 is 5.32 Å². The van der Waals surface area contributed by atoms with E-state index >= 15 is 0 Å². The van der Waals surface area contributed by atoms with E-state index in [-0.39, 0.29) is 17.1 Å². The number of pyridine rings is 1. The van der Waals surface area contributed by atoms with Crippen LogP contribution < -0.4 is 11.0 Å². The highest BCUT2D eigenvalue weighted by molar-refractivity contribution is 5.92. The first kappa shape index (κ1) is 18.5. The number of aromatic nitrogens is 5. The van der Waals surface area contributed by atoms with Gasteiger partial charge in [-0.25, -0.2) is 9.48 Å². The Bertz CT molecular complexity index is 1060. The number of rotatable bonds is 6. The Labute approximate surface area is 163 Å². The van der Waals surface area contributed by atoms with Crippen LogP contribution in [0.2, 0.25) is 0 Å². The van der Waals surface area contributed by atoms with Gasteiger partial charge in [-0.15, -0.1) is 5.10 Å². The molecule has 3 aromatic heterocycles. The van der Waals surface area contributed by atoms with Gasteiger partial charge in [0.05, 0.1) is 5.54 Å². The van der Waals surface area contributed by atoms with Gasteiger partial charge in [-0.3, -0.25) is 13.9 Å². The summed E-state index contributed by atoms with van der Waals surface area (Å²) in [6, 6.07) is 7.36. The van der Waals surface area contributed by atoms with E-state index in [9.17, 15) is 9.59 Å². The zero-order valence-corrected chi connectivity index (χ0v) is 16.6. The topological polar surface area (TPSA) is 86.2 Å². The summed E-state index contributed by atoms with van der Waals surface area (Å²) < 4.78 is 4.92. The van der Waals surface area contributed by atoms with Crippen molar-refractivity contribution in [2.45, 2.75) is 58.0 Å². The Morgan fingerprint density at radius 3 is 2.71 bits per heavy atom. The Morgan fingerprint density at radius 1 is 1.25 bits per heavy atom. The number of hydrogen-bond donors (Lipinski definition) is 1. The molecule has 1 saturated carbocycles. The molecule has 0 aliphatic heterocycles. The van der Waals surface area contributed by atoms with Crippen LogP contribution in [0.25, 0.3) is 5.65 Å². The van der Waals surface area contributed by atoms with Gasteiger partial charge in [0.15, 0.2) is 5.65 Å². The maximum Gasteiger partial charge on any atom is 0.350 e. The summed E-state index contributed by atoms with van der Waals surface area (Å²) in [5.74, 6) is 0.349. The first-order valence-electron chi connectivity index (χ1n) is 9.77. The highest BCUT2D eigenvalue weighted by atomic mass is 16.2. The van der Waals surface area contributed by atoms with E-state index in [2.05, 4.69) is 36.3 Å². The first-order valence-corrected chi connectivity index (χ1v) is 9.77. The fourth-order valence-electron chi connectivity index (χ4n) is 3.35. The summed E-state index contributed by atoms with van der Waals surface area (Å²) >= 11 is 0. The number of nitrogens with zero attached hydrogens (tertiary/aromatic N) is 5. The predicted molar refractivity (Wildman–Crippen MR) is 106 cm³/mol. The van der Waals surface area contributed by atoms with Gasteiger partial charge >= 0.3 is 5.69 Å². The van der Waals surface area contributed by atoms with Gasteiger partial charge in [-0.05, 0) is 58.2 Å². The molecule has 0 saturated heterocycles. The van der Waals surface area contributed by atoms with Crippen molar-refractivity contribution in [1.82, 2.24) is 29.3 Å². The predicted octanol–water partition coefficient (Wildman–Crippen LogP) is 2.14. The third-order valence-electron chi connectivity index (χ3n) is 4.92. The van der Waals surface area contributed by atoms with Crippen LogP contribution in [-0.4, -0.2) is 36.4 Å². The van der Waals surface area contributed by atoms with Crippen LogP contribution in [0.15, 0.2) is 35.3 Å². The van der Waals surface area contributed by atoms with Crippen molar-refractivity contribution < 1.29 is 4.79 Å². The molecule has 148 valence electrons. The summed E-state index contributed by atoms with van der Waals surface area (Å²) in [6.07, 6.45) is 4.64. The third kappa shape index (κ3) is 3.58. The maximum atomic E-state index is 12.5. The highest BCUT2D eigenvalue weighted by Gasteiger charge is 2.32. The monoisotopic (exact) mass is 382 g/mol. The van der Waals surface area contributed by atoms with E-state index in [4.69, 9.17) is 0 Å². The summed E-state index contributed by atoms with van der Waals surface area (Å²) in [5, 5.41) is 11.8. The molecule has 8 nitrogen and oxygen atoms in total. The van der Waals surface area contributed by atoms with Crippen molar-refractivity contribution in [3.8, 4) is 0 Å². The largest absolute Gasteiger partial charge is 0.351 e. The molecule has 0 spiro atoms. The average Bonchev–Trinajstić information content (AvgIpc) is 3.31. The minimum Gasteiger partial charge on any atom is -0.351 e. The van der Waals surface area contributed by atoms with E-state index in [0.717, 1.165) is 18.5 Å². The molecule has 8 heteroatoms. The number of hydrogen-bond acceptors (Lipinski definition) is 4. The van der Waals surface area contributed by atoms with E-state index in [0.29, 0.717) is 36.8 Å². The summed E-state index contributed by atoms with van der Waals surface area (Å²) in [7, 11) is 0. The zero-order chi connectivity index (χ0) is 19.9. The lowest BCUT2D eigenvalue weighted by Crippen LogP contribution is -2.29. The number of amides is 1. The van der Waals surface area contributed by atoms with Crippen molar-refractivity contribution in [2.24, 2.45) is 0 Å². The highest BCUT2D eigenvalue weighted by Crippen LogP contribution is 2.41. The van der Waals surface area contributed by atoms with Gasteiger partial charge in [0, 0.05) is 30.9 Å². The van der Waals surface area contributed by atoms with Crippen LogP contribution in [0.5, 0.6) is 0 Å². The number of nitrogens with one attached hydrogen (secondary N) is 1. The summed E-state index contributed by atoms with van der Waals surface area (Å²) in [5.41, 5.74) is 1.91. The number of carbonyl (C=O) groups is 1. The van der Waals surface area contributed by atoms with Crippen LogP contribution in [0, 0.1) is 0 Å². The van der Waals surface area contributed by atoms with E-state index in [1.807, 2.05) is 16.8 Å². The lowest BCUT2D eigenvalue weighted by molar-refractivity contribution is 0.0946. The second kappa shape index (κ2) is 6.92. The van der Waals surface area contributed by atoms with Crippen LogP contribution >= 0.6 is 0 Å². The quantitative estimate of drug-likeness (QED) is 0.662. The lowest BCUT2D eigenvalue weighted by atomic mass is 10.1. The number of aryl methyl sites for hydroxylation is 1. The molecule has 4 rings (SSSR count). The fraction of sp³-hybridized carbons (Fsp3) is 0.500. The molecule has 1 aliphatic carbocycles. The molecule has 0 bridgehead atoms. The standard InChI is InChI=1S/C20H26N6O2/c1-20(2,3)26-16(14-8-9-14)13-15(22-26)18(27)21-10-6-12-25-19(28)24-11-5-4-7-17(24)23-25/h4-5,7,11,13-14H,6,8-10,12H2,1-3H3,(H,21,27). The molecule has 1 N–H and O–H groups in total. The second-order valence-electron chi connectivity index (χ2n) is 8.36. The van der Waals surface area contributed by atoms with Crippen molar-refractivity contribution >= 4 is 11.6 Å². The van der Waals surface area contributed by atoms with Crippen LogP contribution in [0.1, 0.15) is 62.1 Å². The van der Waals surface area contributed by atoms with Crippen LogP contribution in [0.4, 0.5) is 0 Å². The van der Waals surface area contributed by atoms with E-state index in [1.54, 1.807) is 18.3 Å². The third-order valence-corrected chi connectivity index (χ3v) is 4.92. The SMILES string of the molecule is CC(C)(C)n1nc(C(=O)NCCCn2nc3ccccn3c2=O)cc1C1CC1. The first-order chi connectivity index (χ1) is 13.3. The van der Waals surface area contributed by atoms with Gasteiger partial charge in [-0.1, -0.05) is 6.07 Å². The molecule has 1 amide bonds. The molecule has 0 atom stereocenters. The smallest absolute Gasteiger partial charge is 0.350 e. The Morgan fingerprint density at radius 2 is 2.04 bits per heavy atom. The molecule has 1 aliphatic rings. The minimum atomic E-state index is -0.174. The average molecular weight is 382 g/mol. The van der Waals surface area contributed by atoms with Gasteiger partial charge in [0.2, 0.25) is 0 Å². The molecule has 28 heavy (non-hydrogen) atoms. The Balaban J connectivity index is 1.37. The molecule has 0 unspecified atom stereocenters. The fourth-order valence-corrected chi connectivity index (χ4v) is 3.35. The number of fused-ring (bicyclic) bond motifs is 1. The molecule has 0 radical (unpaired) electrons. The molecule has 0 aromatic carbocycles. The van der Waals surface area contributed by atoms with E-state index in [1.165, 1.54) is 9.08 Å². The van der Waals surface area contributed by atoms with Crippen molar-refractivity contribution in [2.75, 3.05) is 6.54 Å². The van der Waals surface area contributed by atoms with Crippen molar-refractivity contribution in [3.63, 3.8) is 0 Å². The van der Waals surface area contributed by atoms with Crippen LogP contribution in [-0.2, 0) is 12.1 Å². The van der Waals surface area contributed by atoms with Crippen molar-refractivity contribution in [1.29, 1.82) is 0 Å². The normalized spacial score (nSPS) is 14.5. The van der Waals surface area contributed by atoms with Crippen LogP contribution in [0.3, 0.4) is 0 Å². The van der Waals surface area contributed by atoms with Crippen molar-refractivity contribution in [3.05, 3.63) is 52.3 Å². The Hall–Kier alpha value is -2.90. The lowest BCUT2D eigenvalue weighted by Gasteiger charge is -2.22. The number of carbonyl (C=O) groups excluding carboxylic acids is 1. The Kier molecular flexibility index (Phi) is 4.56. The second-order valence-corrected chi connectivity index (χ2v) is 8.36.